The Hall–Kier alpha value is 0.230. The first-order chi connectivity index (χ1) is 8.02. The molecule has 2 atom stereocenters. The lowest BCUT2D eigenvalue weighted by atomic mass is 9.78. The average Bonchev–Trinajstić information content (AvgIpc) is 2.35. The Morgan fingerprint density at radius 2 is 2.18 bits per heavy atom. The molecule has 4 heteroatoms. The lowest BCUT2D eigenvalue weighted by Crippen LogP contribution is -2.60. The molecule has 1 aliphatic rings. The summed E-state index contributed by atoms with van der Waals surface area (Å²) in [6.45, 7) is 7.10. The van der Waals surface area contributed by atoms with E-state index in [1.807, 2.05) is 11.8 Å². The molecule has 0 aromatic rings. The van der Waals surface area contributed by atoms with Gasteiger partial charge in [0.25, 0.3) is 0 Å². The normalized spacial score (nSPS) is 34.2. The molecule has 0 amide bonds. The topological polar surface area (TPSA) is 38.5 Å². The van der Waals surface area contributed by atoms with E-state index >= 15 is 0 Å². The van der Waals surface area contributed by atoms with Gasteiger partial charge in [0.05, 0.1) is 5.60 Å². The first kappa shape index (κ1) is 15.3. The van der Waals surface area contributed by atoms with E-state index in [4.69, 9.17) is 10.5 Å². The van der Waals surface area contributed by atoms with E-state index in [0.717, 1.165) is 39.0 Å². The number of rotatable bonds is 6. The highest BCUT2D eigenvalue weighted by Crippen LogP contribution is 2.37. The van der Waals surface area contributed by atoms with Crippen LogP contribution < -0.4 is 5.73 Å². The molecular formula is C13H28N2OS. The molecule has 0 aromatic carbocycles. The Labute approximate surface area is 110 Å². The van der Waals surface area contributed by atoms with E-state index in [0.29, 0.717) is 0 Å². The maximum Gasteiger partial charge on any atom is 0.0670 e. The summed E-state index contributed by atoms with van der Waals surface area (Å²) in [6.07, 6.45) is 5.33. The predicted octanol–water partition coefficient (Wildman–Crippen LogP) is 1.96. The molecule has 1 fully saturated rings. The molecule has 2 unspecified atom stereocenters. The van der Waals surface area contributed by atoms with Crippen LogP contribution in [0.5, 0.6) is 0 Å². The first-order valence-electron chi connectivity index (χ1n) is 6.56. The van der Waals surface area contributed by atoms with Crippen LogP contribution in [0.3, 0.4) is 0 Å². The van der Waals surface area contributed by atoms with Crippen molar-refractivity contribution in [3.63, 3.8) is 0 Å². The van der Waals surface area contributed by atoms with Crippen LogP contribution in [0, 0.1) is 0 Å². The van der Waals surface area contributed by atoms with Crippen LogP contribution >= 0.6 is 11.8 Å². The molecule has 17 heavy (non-hydrogen) atoms. The second kappa shape index (κ2) is 6.41. The molecular weight excluding hydrogens is 232 g/mol. The maximum absolute atomic E-state index is 6.08. The third-order valence-electron chi connectivity index (χ3n) is 4.29. The second-order valence-corrected chi connectivity index (χ2v) is 6.41. The van der Waals surface area contributed by atoms with Gasteiger partial charge in [-0.05, 0) is 39.5 Å². The van der Waals surface area contributed by atoms with Crippen molar-refractivity contribution in [2.24, 2.45) is 5.73 Å². The van der Waals surface area contributed by atoms with Crippen molar-refractivity contribution in [2.75, 3.05) is 38.8 Å². The monoisotopic (exact) mass is 260 g/mol. The summed E-state index contributed by atoms with van der Waals surface area (Å²) >= 11 is 1.90. The summed E-state index contributed by atoms with van der Waals surface area (Å²) in [5.41, 5.74) is 6.23. The summed E-state index contributed by atoms with van der Waals surface area (Å²) in [6, 6.07) is 0. The van der Waals surface area contributed by atoms with Gasteiger partial charge in [0.15, 0.2) is 0 Å². The van der Waals surface area contributed by atoms with Gasteiger partial charge < -0.3 is 10.5 Å². The Balaban J connectivity index is 2.73. The number of hydrogen-bond donors (Lipinski definition) is 1. The largest absolute Gasteiger partial charge is 0.375 e. The predicted molar refractivity (Wildman–Crippen MR) is 76.7 cm³/mol. The third kappa shape index (κ3) is 3.60. The zero-order valence-electron chi connectivity index (χ0n) is 11.8. The van der Waals surface area contributed by atoms with E-state index in [-0.39, 0.29) is 11.1 Å². The summed E-state index contributed by atoms with van der Waals surface area (Å²) in [4.78, 5) is 2.46. The molecule has 2 N–H and O–H groups in total. The van der Waals surface area contributed by atoms with Crippen molar-refractivity contribution in [1.82, 2.24) is 4.90 Å². The number of thioether (sulfide) groups is 1. The average molecular weight is 260 g/mol. The molecule has 102 valence electrons. The lowest BCUT2D eigenvalue weighted by Gasteiger charge is -2.50. The Morgan fingerprint density at radius 3 is 2.71 bits per heavy atom. The summed E-state index contributed by atoms with van der Waals surface area (Å²) in [5, 5.41) is 0. The standard InChI is InChI=1S/C13H28N2OS/c1-5-12(2)10-13(11-14,6-8-16-12)15(3)7-9-17-4/h5-11,14H2,1-4H3. The molecule has 0 spiro atoms. The van der Waals surface area contributed by atoms with Crippen LogP contribution in [0.1, 0.15) is 33.1 Å². The fraction of sp³-hybridized carbons (Fsp3) is 1.00. The highest BCUT2D eigenvalue weighted by Gasteiger charge is 2.43. The van der Waals surface area contributed by atoms with Gasteiger partial charge in [-0.2, -0.15) is 11.8 Å². The number of ether oxygens (including phenoxy) is 1. The molecule has 1 saturated heterocycles. The zero-order chi connectivity index (χ0) is 12.9. The van der Waals surface area contributed by atoms with Gasteiger partial charge in [-0.1, -0.05) is 6.92 Å². The Morgan fingerprint density at radius 1 is 1.47 bits per heavy atom. The fourth-order valence-electron chi connectivity index (χ4n) is 2.67. The first-order valence-corrected chi connectivity index (χ1v) is 7.95. The zero-order valence-corrected chi connectivity index (χ0v) is 12.6. The smallest absolute Gasteiger partial charge is 0.0670 e. The van der Waals surface area contributed by atoms with Crippen molar-refractivity contribution in [2.45, 2.75) is 44.2 Å². The van der Waals surface area contributed by atoms with Gasteiger partial charge in [0, 0.05) is 31.0 Å². The lowest BCUT2D eigenvalue weighted by molar-refractivity contribution is -0.123. The molecule has 1 heterocycles. The second-order valence-electron chi connectivity index (χ2n) is 5.42. The van der Waals surface area contributed by atoms with Gasteiger partial charge in [-0.15, -0.1) is 0 Å². The molecule has 1 aliphatic heterocycles. The van der Waals surface area contributed by atoms with E-state index < -0.39 is 0 Å². The van der Waals surface area contributed by atoms with Crippen LogP contribution in [0.25, 0.3) is 0 Å². The van der Waals surface area contributed by atoms with E-state index in [1.165, 1.54) is 5.75 Å². The Bertz CT molecular complexity index is 239. The van der Waals surface area contributed by atoms with Gasteiger partial charge in [0.2, 0.25) is 0 Å². The fourth-order valence-corrected chi connectivity index (χ4v) is 3.13. The summed E-state index contributed by atoms with van der Waals surface area (Å²) < 4.78 is 5.94. The minimum atomic E-state index is 0.00520. The van der Waals surface area contributed by atoms with Gasteiger partial charge >= 0.3 is 0 Å². The van der Waals surface area contributed by atoms with Crippen molar-refractivity contribution >= 4 is 11.8 Å². The highest BCUT2D eigenvalue weighted by molar-refractivity contribution is 7.98. The van der Waals surface area contributed by atoms with Gasteiger partial charge in [-0.3, -0.25) is 4.90 Å². The molecule has 0 bridgehead atoms. The summed E-state index contributed by atoms with van der Waals surface area (Å²) in [7, 11) is 2.21. The van der Waals surface area contributed by atoms with Crippen LogP contribution in [0.2, 0.25) is 0 Å². The number of hydrogen-bond acceptors (Lipinski definition) is 4. The Kier molecular flexibility index (Phi) is 5.77. The number of nitrogens with zero attached hydrogens (tertiary/aromatic N) is 1. The SMILES string of the molecule is CCC1(C)CC(CN)(N(C)CCSC)CCO1. The van der Waals surface area contributed by atoms with Crippen molar-refractivity contribution < 1.29 is 4.74 Å². The third-order valence-corrected chi connectivity index (χ3v) is 4.88. The van der Waals surface area contributed by atoms with Crippen LogP contribution in [0.15, 0.2) is 0 Å². The van der Waals surface area contributed by atoms with Gasteiger partial charge in [0.1, 0.15) is 0 Å². The van der Waals surface area contributed by atoms with E-state index in [1.54, 1.807) is 0 Å². The molecule has 0 saturated carbocycles. The number of likely N-dealkylation sites (N-methyl/N-ethyl adjacent to an activating group) is 1. The molecule has 0 aromatic heterocycles. The van der Waals surface area contributed by atoms with Crippen molar-refractivity contribution in [1.29, 1.82) is 0 Å². The van der Waals surface area contributed by atoms with Crippen LogP contribution in [-0.4, -0.2) is 54.8 Å². The molecule has 1 rings (SSSR count). The highest BCUT2D eigenvalue weighted by atomic mass is 32.2. The van der Waals surface area contributed by atoms with Crippen LogP contribution in [-0.2, 0) is 4.74 Å². The number of nitrogens with two attached hydrogens (primary N) is 1. The van der Waals surface area contributed by atoms with E-state index in [2.05, 4.69) is 32.1 Å². The molecule has 3 nitrogen and oxygen atoms in total. The summed E-state index contributed by atoms with van der Waals surface area (Å²) in [5.74, 6) is 1.17. The minimum Gasteiger partial charge on any atom is -0.375 e. The van der Waals surface area contributed by atoms with Gasteiger partial charge in [-0.25, -0.2) is 0 Å². The van der Waals surface area contributed by atoms with Crippen LogP contribution in [0.4, 0.5) is 0 Å². The minimum absolute atomic E-state index is 0.00520. The van der Waals surface area contributed by atoms with E-state index in [9.17, 15) is 0 Å². The quantitative estimate of drug-likeness (QED) is 0.792. The molecule has 0 aliphatic carbocycles. The van der Waals surface area contributed by atoms with Crippen molar-refractivity contribution in [3.8, 4) is 0 Å². The molecule has 0 radical (unpaired) electrons. The van der Waals surface area contributed by atoms with Crippen molar-refractivity contribution in [3.05, 3.63) is 0 Å². The maximum atomic E-state index is 6.08.